The summed E-state index contributed by atoms with van der Waals surface area (Å²) in [7, 11) is 1.34. The molecule has 26 heavy (non-hydrogen) atoms. The Morgan fingerprint density at radius 2 is 1.92 bits per heavy atom. The molecule has 8 heteroatoms. The van der Waals surface area contributed by atoms with Crippen molar-refractivity contribution in [2.45, 2.75) is 0 Å². The van der Waals surface area contributed by atoms with Crippen molar-refractivity contribution in [2.24, 2.45) is 0 Å². The predicted octanol–water partition coefficient (Wildman–Crippen LogP) is 5.06. The summed E-state index contributed by atoms with van der Waals surface area (Å²) in [6, 6.07) is 13.7. The lowest BCUT2D eigenvalue weighted by Crippen LogP contribution is -2.03. The molecule has 132 valence electrons. The van der Waals surface area contributed by atoms with E-state index in [2.05, 4.69) is 20.6 Å². The normalized spacial score (nSPS) is 10.3. The molecule has 3 aromatic rings. The van der Waals surface area contributed by atoms with E-state index in [1.807, 2.05) is 6.07 Å². The lowest BCUT2D eigenvalue weighted by Gasteiger charge is -2.10. The number of aromatic nitrogens is 2. The van der Waals surface area contributed by atoms with E-state index in [0.717, 1.165) is 0 Å². The SMILES string of the molecule is COC(=O)c1cccc(Nc2ccnc(Nc3ccc(Cl)cc3Cl)n2)c1. The fraction of sp³-hybridized carbons (Fsp3) is 0.0556. The van der Waals surface area contributed by atoms with Crippen LogP contribution in [0.5, 0.6) is 0 Å². The summed E-state index contributed by atoms with van der Waals surface area (Å²) < 4.78 is 4.72. The average molecular weight is 389 g/mol. The van der Waals surface area contributed by atoms with E-state index in [0.29, 0.717) is 38.7 Å². The lowest BCUT2D eigenvalue weighted by atomic mass is 10.2. The highest BCUT2D eigenvalue weighted by molar-refractivity contribution is 6.36. The van der Waals surface area contributed by atoms with Gasteiger partial charge in [-0.05, 0) is 42.5 Å². The molecule has 2 aromatic carbocycles. The summed E-state index contributed by atoms with van der Waals surface area (Å²) >= 11 is 12.0. The van der Waals surface area contributed by atoms with Crippen LogP contribution in [0.1, 0.15) is 10.4 Å². The van der Waals surface area contributed by atoms with E-state index in [4.69, 9.17) is 27.9 Å². The first kappa shape index (κ1) is 18.0. The molecule has 0 radical (unpaired) electrons. The molecule has 1 aromatic heterocycles. The van der Waals surface area contributed by atoms with Gasteiger partial charge >= 0.3 is 5.97 Å². The predicted molar refractivity (Wildman–Crippen MR) is 103 cm³/mol. The highest BCUT2D eigenvalue weighted by Crippen LogP contribution is 2.27. The quantitative estimate of drug-likeness (QED) is 0.595. The summed E-state index contributed by atoms with van der Waals surface area (Å²) in [5.41, 5.74) is 1.78. The zero-order chi connectivity index (χ0) is 18.5. The Bertz CT molecular complexity index is 950. The summed E-state index contributed by atoms with van der Waals surface area (Å²) in [5, 5.41) is 7.16. The molecule has 2 N–H and O–H groups in total. The van der Waals surface area contributed by atoms with Crippen LogP contribution in [-0.2, 0) is 4.74 Å². The Morgan fingerprint density at radius 3 is 2.69 bits per heavy atom. The van der Waals surface area contributed by atoms with Gasteiger partial charge in [0.05, 0.1) is 23.4 Å². The summed E-state index contributed by atoms with van der Waals surface area (Å²) in [6.45, 7) is 0. The molecule has 3 rings (SSSR count). The van der Waals surface area contributed by atoms with Crippen LogP contribution < -0.4 is 10.6 Å². The van der Waals surface area contributed by atoms with Crippen LogP contribution >= 0.6 is 23.2 Å². The van der Waals surface area contributed by atoms with Crippen molar-refractivity contribution in [3.63, 3.8) is 0 Å². The van der Waals surface area contributed by atoms with E-state index in [-0.39, 0.29) is 0 Å². The van der Waals surface area contributed by atoms with Crippen LogP contribution in [0.2, 0.25) is 10.0 Å². The number of ether oxygens (including phenoxy) is 1. The number of esters is 1. The number of hydrogen-bond acceptors (Lipinski definition) is 6. The molecule has 0 amide bonds. The number of benzene rings is 2. The van der Waals surface area contributed by atoms with Gasteiger partial charge in [-0.15, -0.1) is 0 Å². The average Bonchev–Trinajstić information content (AvgIpc) is 2.64. The van der Waals surface area contributed by atoms with E-state index in [1.54, 1.807) is 48.7 Å². The molecular weight excluding hydrogens is 375 g/mol. The minimum atomic E-state index is -0.406. The van der Waals surface area contributed by atoms with Gasteiger partial charge in [0, 0.05) is 16.9 Å². The van der Waals surface area contributed by atoms with Gasteiger partial charge < -0.3 is 15.4 Å². The van der Waals surface area contributed by atoms with Crippen LogP contribution in [0.15, 0.2) is 54.7 Å². The van der Waals surface area contributed by atoms with Crippen LogP contribution in [-0.4, -0.2) is 23.0 Å². The summed E-state index contributed by atoms with van der Waals surface area (Å²) in [4.78, 5) is 20.2. The molecule has 1 heterocycles. The Hall–Kier alpha value is -2.83. The topological polar surface area (TPSA) is 76.1 Å². The van der Waals surface area contributed by atoms with Crippen molar-refractivity contribution in [3.8, 4) is 0 Å². The van der Waals surface area contributed by atoms with Crippen molar-refractivity contribution >= 4 is 52.3 Å². The Balaban J connectivity index is 1.78. The van der Waals surface area contributed by atoms with E-state index in [1.165, 1.54) is 7.11 Å². The van der Waals surface area contributed by atoms with Gasteiger partial charge in [0.1, 0.15) is 5.82 Å². The minimum Gasteiger partial charge on any atom is -0.465 e. The number of anilines is 4. The van der Waals surface area contributed by atoms with Crippen molar-refractivity contribution in [1.29, 1.82) is 0 Å². The van der Waals surface area contributed by atoms with Gasteiger partial charge in [0.2, 0.25) is 5.95 Å². The fourth-order valence-electron chi connectivity index (χ4n) is 2.19. The monoisotopic (exact) mass is 388 g/mol. The van der Waals surface area contributed by atoms with Gasteiger partial charge in [-0.1, -0.05) is 29.3 Å². The third kappa shape index (κ3) is 4.41. The number of halogens is 2. The van der Waals surface area contributed by atoms with E-state index < -0.39 is 5.97 Å². The number of methoxy groups -OCH3 is 1. The largest absolute Gasteiger partial charge is 0.465 e. The van der Waals surface area contributed by atoms with Crippen molar-refractivity contribution in [3.05, 3.63) is 70.3 Å². The fourth-order valence-corrected chi connectivity index (χ4v) is 2.65. The van der Waals surface area contributed by atoms with Gasteiger partial charge in [0.15, 0.2) is 0 Å². The lowest BCUT2D eigenvalue weighted by molar-refractivity contribution is 0.0601. The molecule has 0 aliphatic carbocycles. The maximum Gasteiger partial charge on any atom is 0.337 e. The Morgan fingerprint density at radius 1 is 1.08 bits per heavy atom. The maximum atomic E-state index is 11.6. The van der Waals surface area contributed by atoms with Gasteiger partial charge in [-0.25, -0.2) is 9.78 Å². The van der Waals surface area contributed by atoms with Crippen molar-refractivity contribution in [2.75, 3.05) is 17.7 Å². The van der Waals surface area contributed by atoms with Crippen molar-refractivity contribution < 1.29 is 9.53 Å². The highest BCUT2D eigenvalue weighted by Gasteiger charge is 2.07. The maximum absolute atomic E-state index is 11.6. The molecule has 0 aliphatic heterocycles. The van der Waals surface area contributed by atoms with Crippen molar-refractivity contribution in [1.82, 2.24) is 9.97 Å². The number of carbonyl (C=O) groups is 1. The minimum absolute atomic E-state index is 0.364. The molecule has 0 saturated heterocycles. The number of nitrogens with zero attached hydrogens (tertiary/aromatic N) is 2. The first-order valence-corrected chi connectivity index (χ1v) is 8.31. The molecule has 6 nitrogen and oxygen atoms in total. The Labute approximate surface area is 160 Å². The second kappa shape index (κ2) is 8.03. The summed E-state index contributed by atoms with van der Waals surface area (Å²) in [5.74, 6) is 0.508. The molecule has 0 aliphatic rings. The van der Waals surface area contributed by atoms with Crippen LogP contribution in [0.4, 0.5) is 23.1 Å². The standard InChI is InChI=1S/C18H14Cl2N4O2/c1-26-17(25)11-3-2-4-13(9-11)22-16-7-8-21-18(24-16)23-15-6-5-12(19)10-14(15)20/h2-10H,1H3,(H2,21,22,23,24). The number of hydrogen-bond donors (Lipinski definition) is 2. The van der Waals surface area contributed by atoms with Crippen LogP contribution in [0.3, 0.4) is 0 Å². The molecule has 0 saturated carbocycles. The second-order valence-corrected chi connectivity index (χ2v) is 6.06. The number of carbonyl (C=O) groups excluding carboxylic acids is 1. The summed E-state index contributed by atoms with van der Waals surface area (Å²) in [6.07, 6.45) is 1.60. The molecule has 0 spiro atoms. The van der Waals surface area contributed by atoms with Gasteiger partial charge in [0.25, 0.3) is 0 Å². The number of nitrogens with one attached hydrogen (secondary N) is 2. The van der Waals surface area contributed by atoms with Crippen LogP contribution in [0.25, 0.3) is 0 Å². The van der Waals surface area contributed by atoms with E-state index >= 15 is 0 Å². The molecule has 0 fully saturated rings. The Kier molecular flexibility index (Phi) is 5.55. The first-order chi connectivity index (χ1) is 12.5. The van der Waals surface area contributed by atoms with Crippen LogP contribution in [0, 0.1) is 0 Å². The smallest absolute Gasteiger partial charge is 0.337 e. The van der Waals surface area contributed by atoms with Gasteiger partial charge in [-0.3, -0.25) is 0 Å². The first-order valence-electron chi connectivity index (χ1n) is 7.55. The van der Waals surface area contributed by atoms with Gasteiger partial charge in [-0.2, -0.15) is 4.98 Å². The molecule has 0 bridgehead atoms. The third-order valence-electron chi connectivity index (χ3n) is 3.39. The highest BCUT2D eigenvalue weighted by atomic mass is 35.5. The molecule has 0 unspecified atom stereocenters. The molecule has 0 atom stereocenters. The zero-order valence-corrected chi connectivity index (χ0v) is 15.2. The molecular formula is C18H14Cl2N4O2. The number of rotatable bonds is 5. The second-order valence-electron chi connectivity index (χ2n) is 5.21. The zero-order valence-electron chi connectivity index (χ0n) is 13.7. The van der Waals surface area contributed by atoms with E-state index in [9.17, 15) is 4.79 Å². The third-order valence-corrected chi connectivity index (χ3v) is 3.94.